The zero-order valence-electron chi connectivity index (χ0n) is 12.9. The molecule has 1 amide bonds. The fraction of sp³-hybridized carbons (Fsp3) is 0.533. The van der Waals surface area contributed by atoms with E-state index in [1.807, 2.05) is 30.3 Å². The average molecular weight is 320 g/mol. The predicted molar refractivity (Wildman–Crippen MR) is 85.2 cm³/mol. The van der Waals surface area contributed by atoms with Crippen LogP contribution in [0.3, 0.4) is 0 Å². The summed E-state index contributed by atoms with van der Waals surface area (Å²) in [6.07, 6.45) is 3.16. The molecule has 1 aliphatic heterocycles. The molecular weight excluding hydrogens is 300 g/mol. The number of hydrogen-bond donors (Lipinski definition) is 0. The van der Waals surface area contributed by atoms with Gasteiger partial charge in [0.2, 0.25) is 5.91 Å². The predicted octanol–water partition coefficient (Wildman–Crippen LogP) is 2.03. The van der Waals surface area contributed by atoms with E-state index in [0.29, 0.717) is 6.42 Å². The Bertz CT molecular complexity index is 619. The summed E-state index contributed by atoms with van der Waals surface area (Å²) in [5.74, 6) is 0.889. The van der Waals surface area contributed by atoms with Crippen LogP contribution in [0.1, 0.15) is 23.4 Å². The number of hydrogen-bond acceptors (Lipinski definition) is 6. The summed E-state index contributed by atoms with van der Waals surface area (Å²) in [6.45, 7) is 7.05. The molecule has 22 heavy (non-hydrogen) atoms. The molecule has 0 aliphatic carbocycles. The largest absolute Gasteiger partial charge is 0.361 e. The number of carbonyl (C=O) groups is 1. The number of thiazole rings is 1. The summed E-state index contributed by atoms with van der Waals surface area (Å²) in [5.41, 5.74) is 1.73. The molecule has 0 unspecified atom stereocenters. The Morgan fingerprint density at radius 2 is 2.18 bits per heavy atom. The van der Waals surface area contributed by atoms with Gasteiger partial charge in [-0.15, -0.1) is 11.3 Å². The lowest BCUT2D eigenvalue weighted by molar-refractivity contribution is -0.130. The van der Waals surface area contributed by atoms with Crippen molar-refractivity contribution in [3.63, 3.8) is 0 Å². The Labute approximate surface area is 133 Å². The lowest BCUT2D eigenvalue weighted by Gasteiger charge is -2.21. The lowest BCUT2D eigenvalue weighted by atomic mass is 10.1. The Morgan fingerprint density at radius 1 is 1.32 bits per heavy atom. The van der Waals surface area contributed by atoms with Crippen LogP contribution >= 0.6 is 11.3 Å². The molecule has 0 N–H and O–H groups in total. The van der Waals surface area contributed by atoms with Gasteiger partial charge in [0, 0.05) is 43.3 Å². The minimum atomic E-state index is 0.149. The summed E-state index contributed by atoms with van der Waals surface area (Å²) in [6, 6.07) is 0. The Kier molecular flexibility index (Phi) is 4.42. The first kappa shape index (κ1) is 15.0. The van der Waals surface area contributed by atoms with Crippen LogP contribution in [0.25, 0.3) is 0 Å². The Morgan fingerprint density at radius 3 is 2.86 bits per heavy atom. The average Bonchev–Trinajstić information content (AvgIpc) is 3.06. The highest BCUT2D eigenvalue weighted by atomic mass is 32.1. The van der Waals surface area contributed by atoms with Crippen molar-refractivity contribution >= 4 is 22.4 Å². The number of aryl methyl sites for hydroxylation is 2. The van der Waals surface area contributed by atoms with Crippen LogP contribution in [0.4, 0.5) is 5.13 Å². The minimum Gasteiger partial charge on any atom is -0.361 e. The van der Waals surface area contributed by atoms with E-state index >= 15 is 0 Å². The highest BCUT2D eigenvalue weighted by Crippen LogP contribution is 2.20. The van der Waals surface area contributed by atoms with E-state index in [1.54, 1.807) is 11.3 Å². The van der Waals surface area contributed by atoms with Crippen molar-refractivity contribution in [2.24, 2.45) is 0 Å². The van der Waals surface area contributed by atoms with Crippen molar-refractivity contribution in [2.75, 3.05) is 31.1 Å². The second kappa shape index (κ2) is 6.48. The van der Waals surface area contributed by atoms with Crippen molar-refractivity contribution in [2.45, 2.75) is 26.7 Å². The third-order valence-electron chi connectivity index (χ3n) is 4.05. The van der Waals surface area contributed by atoms with Crippen LogP contribution in [0.5, 0.6) is 0 Å². The van der Waals surface area contributed by atoms with Crippen molar-refractivity contribution in [3.8, 4) is 0 Å². The molecule has 7 heteroatoms. The van der Waals surface area contributed by atoms with Crippen LogP contribution in [-0.2, 0) is 11.2 Å². The van der Waals surface area contributed by atoms with Crippen molar-refractivity contribution < 1.29 is 9.32 Å². The Hall–Kier alpha value is -1.89. The molecule has 3 rings (SSSR count). The molecule has 0 radical (unpaired) electrons. The van der Waals surface area contributed by atoms with Gasteiger partial charge in [-0.2, -0.15) is 0 Å². The van der Waals surface area contributed by atoms with Gasteiger partial charge in [0.1, 0.15) is 5.76 Å². The number of carbonyl (C=O) groups excluding carboxylic acids is 1. The second-order valence-corrected chi connectivity index (χ2v) is 6.39. The van der Waals surface area contributed by atoms with Gasteiger partial charge in [0.25, 0.3) is 0 Å². The molecule has 0 spiro atoms. The molecule has 1 aliphatic rings. The number of aromatic nitrogens is 2. The van der Waals surface area contributed by atoms with Gasteiger partial charge in [0.15, 0.2) is 5.13 Å². The highest BCUT2D eigenvalue weighted by Gasteiger charge is 2.22. The van der Waals surface area contributed by atoms with Gasteiger partial charge in [-0.3, -0.25) is 4.79 Å². The molecule has 3 heterocycles. The quantitative estimate of drug-likeness (QED) is 0.866. The van der Waals surface area contributed by atoms with Gasteiger partial charge >= 0.3 is 0 Å². The molecule has 6 nitrogen and oxygen atoms in total. The molecule has 118 valence electrons. The number of amides is 1. The standard InChI is InChI=1S/C15H20N4O2S/c1-11-13(12(2)21-17-11)10-14(20)18-5-3-6-19(8-7-18)15-16-4-9-22-15/h4,9H,3,5-8,10H2,1-2H3. The van der Waals surface area contributed by atoms with E-state index in [4.69, 9.17) is 4.52 Å². The van der Waals surface area contributed by atoms with Crippen LogP contribution < -0.4 is 4.90 Å². The van der Waals surface area contributed by atoms with E-state index in [-0.39, 0.29) is 5.91 Å². The van der Waals surface area contributed by atoms with Gasteiger partial charge in [-0.1, -0.05) is 5.16 Å². The summed E-state index contributed by atoms with van der Waals surface area (Å²) >= 11 is 1.65. The van der Waals surface area contributed by atoms with E-state index in [0.717, 1.165) is 54.7 Å². The van der Waals surface area contributed by atoms with Gasteiger partial charge in [-0.25, -0.2) is 4.98 Å². The topological polar surface area (TPSA) is 62.5 Å². The van der Waals surface area contributed by atoms with Crippen LogP contribution in [-0.4, -0.2) is 47.1 Å². The van der Waals surface area contributed by atoms with Crippen molar-refractivity contribution in [1.29, 1.82) is 0 Å². The number of nitrogens with zero attached hydrogens (tertiary/aromatic N) is 4. The first-order valence-corrected chi connectivity index (χ1v) is 8.37. The van der Waals surface area contributed by atoms with Crippen LogP contribution in [0, 0.1) is 13.8 Å². The Balaban J connectivity index is 1.62. The zero-order valence-corrected chi connectivity index (χ0v) is 13.7. The van der Waals surface area contributed by atoms with E-state index < -0.39 is 0 Å². The third-order valence-corrected chi connectivity index (χ3v) is 4.88. The third kappa shape index (κ3) is 3.14. The first-order valence-electron chi connectivity index (χ1n) is 7.49. The van der Waals surface area contributed by atoms with Gasteiger partial charge < -0.3 is 14.3 Å². The molecule has 2 aromatic heterocycles. The maximum absolute atomic E-state index is 12.5. The molecule has 1 saturated heterocycles. The normalized spacial score (nSPS) is 15.9. The van der Waals surface area contributed by atoms with Crippen LogP contribution in [0.2, 0.25) is 0 Å². The second-order valence-electron chi connectivity index (χ2n) is 5.52. The summed E-state index contributed by atoms with van der Waals surface area (Å²) in [5, 5.41) is 6.95. The van der Waals surface area contributed by atoms with E-state index in [2.05, 4.69) is 15.0 Å². The maximum atomic E-state index is 12.5. The number of anilines is 1. The molecular formula is C15H20N4O2S. The van der Waals surface area contributed by atoms with Gasteiger partial charge in [-0.05, 0) is 20.3 Å². The minimum absolute atomic E-state index is 0.149. The molecule has 0 aromatic carbocycles. The molecule has 0 saturated carbocycles. The molecule has 1 fully saturated rings. The summed E-state index contributed by atoms with van der Waals surface area (Å²) in [4.78, 5) is 21.1. The molecule has 0 bridgehead atoms. The lowest BCUT2D eigenvalue weighted by Crippen LogP contribution is -2.36. The van der Waals surface area contributed by atoms with E-state index in [1.165, 1.54) is 0 Å². The monoisotopic (exact) mass is 320 g/mol. The molecule has 0 atom stereocenters. The van der Waals surface area contributed by atoms with Crippen molar-refractivity contribution in [1.82, 2.24) is 15.0 Å². The van der Waals surface area contributed by atoms with Crippen LogP contribution in [0.15, 0.2) is 16.1 Å². The smallest absolute Gasteiger partial charge is 0.227 e. The summed E-state index contributed by atoms with van der Waals surface area (Å²) in [7, 11) is 0. The fourth-order valence-electron chi connectivity index (χ4n) is 2.75. The first-order chi connectivity index (χ1) is 10.6. The van der Waals surface area contributed by atoms with Crippen molar-refractivity contribution in [3.05, 3.63) is 28.6 Å². The maximum Gasteiger partial charge on any atom is 0.227 e. The summed E-state index contributed by atoms with van der Waals surface area (Å²) < 4.78 is 5.14. The molecule has 2 aromatic rings. The highest BCUT2D eigenvalue weighted by molar-refractivity contribution is 7.13. The fourth-order valence-corrected chi connectivity index (χ4v) is 3.44. The van der Waals surface area contributed by atoms with E-state index in [9.17, 15) is 4.79 Å². The zero-order chi connectivity index (χ0) is 15.5. The van der Waals surface area contributed by atoms with Gasteiger partial charge in [0.05, 0.1) is 12.1 Å². The SMILES string of the molecule is Cc1noc(C)c1CC(=O)N1CCCN(c2nccs2)CC1. The number of rotatable bonds is 3.